The Kier molecular flexibility index (Phi) is 2.95. The van der Waals surface area contributed by atoms with E-state index in [2.05, 4.69) is 11.4 Å². The maximum absolute atomic E-state index is 11.8. The van der Waals surface area contributed by atoms with Crippen LogP contribution in [0, 0.1) is 0 Å². The molecule has 1 aliphatic rings. The van der Waals surface area contributed by atoms with Crippen molar-refractivity contribution in [2.24, 2.45) is 0 Å². The molecule has 2 aromatic carbocycles. The topological polar surface area (TPSA) is 55.1 Å². The summed E-state index contributed by atoms with van der Waals surface area (Å²) in [6.07, 6.45) is 2.59. The number of benzene rings is 2. The first-order chi connectivity index (χ1) is 9.24. The summed E-state index contributed by atoms with van der Waals surface area (Å²) >= 11 is 0. The first kappa shape index (κ1) is 11.8. The molecule has 0 bridgehead atoms. The Morgan fingerprint density at radius 3 is 2.74 bits per heavy atom. The van der Waals surface area contributed by atoms with Crippen molar-refractivity contribution in [1.82, 2.24) is 0 Å². The number of carbonyl (C=O) groups excluding carboxylic acids is 1. The quantitative estimate of drug-likeness (QED) is 0.804. The van der Waals surface area contributed by atoms with Crippen molar-refractivity contribution in [3.05, 3.63) is 53.6 Å². The van der Waals surface area contributed by atoms with Crippen LogP contribution in [-0.2, 0) is 6.42 Å². The van der Waals surface area contributed by atoms with Gasteiger partial charge in [-0.05, 0) is 48.7 Å². The van der Waals surface area contributed by atoms with Crippen LogP contribution in [-0.4, -0.2) is 5.78 Å². The van der Waals surface area contributed by atoms with Gasteiger partial charge in [0.25, 0.3) is 0 Å². The number of hydrogen-bond acceptors (Lipinski definition) is 3. The SMILES string of the molecule is Nc1ccccc1Nc1ccc2c(c1)CCCC2=O. The van der Waals surface area contributed by atoms with Crippen LogP contribution < -0.4 is 11.1 Å². The van der Waals surface area contributed by atoms with Crippen molar-refractivity contribution >= 4 is 22.8 Å². The van der Waals surface area contributed by atoms with Gasteiger partial charge in [0, 0.05) is 17.7 Å². The summed E-state index contributed by atoms with van der Waals surface area (Å²) in [6.45, 7) is 0. The largest absolute Gasteiger partial charge is 0.397 e. The minimum Gasteiger partial charge on any atom is -0.397 e. The van der Waals surface area contributed by atoms with Gasteiger partial charge in [0.15, 0.2) is 5.78 Å². The highest BCUT2D eigenvalue weighted by molar-refractivity contribution is 5.99. The molecule has 2 aromatic rings. The van der Waals surface area contributed by atoms with Crippen LogP contribution in [0.5, 0.6) is 0 Å². The van der Waals surface area contributed by atoms with E-state index < -0.39 is 0 Å². The zero-order valence-corrected chi connectivity index (χ0v) is 10.6. The summed E-state index contributed by atoms with van der Waals surface area (Å²) in [5.74, 6) is 0.257. The first-order valence-corrected chi connectivity index (χ1v) is 6.52. The van der Waals surface area contributed by atoms with Crippen molar-refractivity contribution in [2.75, 3.05) is 11.1 Å². The predicted octanol–water partition coefficient (Wildman–Crippen LogP) is 3.53. The molecule has 0 unspecified atom stereocenters. The Labute approximate surface area is 112 Å². The van der Waals surface area contributed by atoms with E-state index >= 15 is 0 Å². The number of para-hydroxylation sites is 2. The Balaban J connectivity index is 1.91. The molecule has 0 spiro atoms. The van der Waals surface area contributed by atoms with E-state index in [0.29, 0.717) is 6.42 Å². The molecular weight excluding hydrogens is 236 g/mol. The lowest BCUT2D eigenvalue weighted by Gasteiger charge is -2.16. The fourth-order valence-electron chi connectivity index (χ4n) is 2.49. The Bertz CT molecular complexity index is 634. The van der Waals surface area contributed by atoms with E-state index in [1.165, 1.54) is 0 Å². The van der Waals surface area contributed by atoms with Crippen molar-refractivity contribution in [3.8, 4) is 0 Å². The summed E-state index contributed by atoms with van der Waals surface area (Å²) < 4.78 is 0. The molecule has 96 valence electrons. The normalized spacial score (nSPS) is 14.0. The number of anilines is 3. The molecule has 0 fully saturated rings. The van der Waals surface area contributed by atoms with Gasteiger partial charge in [-0.25, -0.2) is 0 Å². The lowest BCUT2D eigenvalue weighted by molar-refractivity contribution is 0.0972. The van der Waals surface area contributed by atoms with Crippen molar-refractivity contribution in [3.63, 3.8) is 0 Å². The van der Waals surface area contributed by atoms with Crippen molar-refractivity contribution < 1.29 is 4.79 Å². The fraction of sp³-hybridized carbons (Fsp3) is 0.188. The van der Waals surface area contributed by atoms with Crippen LogP contribution in [0.15, 0.2) is 42.5 Å². The Morgan fingerprint density at radius 2 is 1.89 bits per heavy atom. The summed E-state index contributed by atoms with van der Waals surface area (Å²) in [6, 6.07) is 13.6. The molecule has 0 radical (unpaired) electrons. The number of Topliss-reactive ketones (excluding diaryl/α,β-unsaturated/α-hetero) is 1. The minimum absolute atomic E-state index is 0.257. The number of hydrogen-bond donors (Lipinski definition) is 2. The third-order valence-corrected chi connectivity index (χ3v) is 3.50. The highest BCUT2D eigenvalue weighted by Crippen LogP contribution is 2.27. The van der Waals surface area contributed by atoms with Crippen molar-refractivity contribution in [2.45, 2.75) is 19.3 Å². The van der Waals surface area contributed by atoms with E-state index in [-0.39, 0.29) is 5.78 Å². The van der Waals surface area contributed by atoms with Crippen LogP contribution >= 0.6 is 0 Å². The molecule has 3 N–H and O–H groups in total. The second-order valence-corrected chi connectivity index (χ2v) is 4.86. The number of carbonyl (C=O) groups is 1. The lowest BCUT2D eigenvalue weighted by Crippen LogP contribution is -2.10. The average molecular weight is 252 g/mol. The Hall–Kier alpha value is -2.29. The molecule has 3 rings (SSSR count). The molecule has 0 aliphatic heterocycles. The molecule has 3 heteroatoms. The summed E-state index contributed by atoms with van der Waals surface area (Å²) in [4.78, 5) is 11.8. The van der Waals surface area contributed by atoms with Gasteiger partial charge in [-0.1, -0.05) is 12.1 Å². The smallest absolute Gasteiger partial charge is 0.163 e. The molecule has 0 heterocycles. The molecule has 1 aliphatic carbocycles. The summed E-state index contributed by atoms with van der Waals surface area (Å²) in [5.41, 5.74) is 10.5. The summed E-state index contributed by atoms with van der Waals surface area (Å²) in [5, 5.41) is 3.30. The van der Waals surface area contributed by atoms with Crippen LogP contribution in [0.4, 0.5) is 17.1 Å². The highest BCUT2D eigenvalue weighted by atomic mass is 16.1. The first-order valence-electron chi connectivity index (χ1n) is 6.52. The predicted molar refractivity (Wildman–Crippen MR) is 77.8 cm³/mol. The van der Waals surface area contributed by atoms with Gasteiger partial charge < -0.3 is 11.1 Å². The van der Waals surface area contributed by atoms with Gasteiger partial charge in [0.05, 0.1) is 11.4 Å². The van der Waals surface area contributed by atoms with Gasteiger partial charge in [0.1, 0.15) is 0 Å². The zero-order chi connectivity index (χ0) is 13.2. The van der Waals surface area contributed by atoms with E-state index in [9.17, 15) is 4.79 Å². The third kappa shape index (κ3) is 2.32. The van der Waals surface area contributed by atoms with Gasteiger partial charge in [-0.2, -0.15) is 0 Å². The molecule has 0 saturated carbocycles. The van der Waals surface area contributed by atoms with E-state index in [1.54, 1.807) is 0 Å². The summed E-state index contributed by atoms with van der Waals surface area (Å²) in [7, 11) is 0. The van der Waals surface area contributed by atoms with Crippen molar-refractivity contribution in [1.29, 1.82) is 0 Å². The molecule has 3 nitrogen and oxygen atoms in total. The molecule has 0 amide bonds. The molecule has 0 saturated heterocycles. The second kappa shape index (κ2) is 4.76. The standard InChI is InChI=1S/C16H16N2O/c17-14-5-1-2-6-15(14)18-12-8-9-13-11(10-12)4-3-7-16(13)19/h1-2,5-6,8-10,18H,3-4,7,17H2. The number of aryl methyl sites for hydroxylation is 1. The maximum atomic E-state index is 11.8. The average Bonchev–Trinajstić information content (AvgIpc) is 2.42. The van der Waals surface area contributed by atoms with Gasteiger partial charge in [-0.15, -0.1) is 0 Å². The van der Waals surface area contributed by atoms with Gasteiger partial charge >= 0.3 is 0 Å². The molecular formula is C16H16N2O. The highest BCUT2D eigenvalue weighted by Gasteiger charge is 2.17. The third-order valence-electron chi connectivity index (χ3n) is 3.50. The van der Waals surface area contributed by atoms with Gasteiger partial charge in [-0.3, -0.25) is 4.79 Å². The number of rotatable bonds is 2. The van der Waals surface area contributed by atoms with Gasteiger partial charge in [0.2, 0.25) is 0 Å². The lowest BCUT2D eigenvalue weighted by atomic mass is 9.90. The van der Waals surface area contributed by atoms with Crippen LogP contribution in [0.1, 0.15) is 28.8 Å². The van der Waals surface area contributed by atoms with Crippen LogP contribution in [0.3, 0.4) is 0 Å². The van der Waals surface area contributed by atoms with Crippen LogP contribution in [0.25, 0.3) is 0 Å². The number of nitrogen functional groups attached to an aromatic ring is 1. The van der Waals surface area contributed by atoms with E-state index in [4.69, 9.17) is 5.73 Å². The molecule has 0 aromatic heterocycles. The second-order valence-electron chi connectivity index (χ2n) is 4.86. The van der Waals surface area contributed by atoms with Crippen LogP contribution in [0.2, 0.25) is 0 Å². The minimum atomic E-state index is 0.257. The zero-order valence-electron chi connectivity index (χ0n) is 10.6. The van der Waals surface area contributed by atoms with E-state index in [0.717, 1.165) is 41.0 Å². The maximum Gasteiger partial charge on any atom is 0.163 e. The molecule has 19 heavy (non-hydrogen) atoms. The fourth-order valence-corrected chi connectivity index (χ4v) is 2.49. The number of fused-ring (bicyclic) bond motifs is 1. The monoisotopic (exact) mass is 252 g/mol. The number of nitrogens with two attached hydrogens (primary N) is 1. The molecule has 0 atom stereocenters. The van der Waals surface area contributed by atoms with E-state index in [1.807, 2.05) is 36.4 Å². The number of nitrogens with one attached hydrogen (secondary N) is 1. The Morgan fingerprint density at radius 1 is 1.05 bits per heavy atom. The number of ketones is 1.